The molecular weight excluding hydrogens is 320 g/mol. The van der Waals surface area contributed by atoms with Gasteiger partial charge in [0.25, 0.3) is 0 Å². The van der Waals surface area contributed by atoms with E-state index in [1.54, 1.807) is 12.4 Å². The lowest BCUT2D eigenvalue weighted by Crippen LogP contribution is -2.67. The van der Waals surface area contributed by atoms with E-state index in [-0.39, 0.29) is 17.6 Å². The molecule has 25 heavy (non-hydrogen) atoms. The van der Waals surface area contributed by atoms with Gasteiger partial charge < -0.3 is 14.4 Å². The van der Waals surface area contributed by atoms with Crippen LogP contribution in [0, 0.1) is 6.92 Å². The molecule has 1 atom stereocenters. The van der Waals surface area contributed by atoms with E-state index in [9.17, 15) is 4.79 Å². The summed E-state index contributed by atoms with van der Waals surface area (Å²) in [5.41, 5.74) is 0.695. The molecule has 136 valence electrons. The van der Waals surface area contributed by atoms with Gasteiger partial charge in [-0.3, -0.25) is 14.7 Å². The van der Waals surface area contributed by atoms with Gasteiger partial charge in [-0.25, -0.2) is 4.98 Å². The second-order valence-corrected chi connectivity index (χ2v) is 7.50. The number of carbonyl (C=O) groups excluding carboxylic acids is 1. The van der Waals surface area contributed by atoms with Crippen LogP contribution < -0.4 is 4.74 Å². The summed E-state index contributed by atoms with van der Waals surface area (Å²) >= 11 is 0. The second kappa shape index (κ2) is 6.88. The van der Waals surface area contributed by atoms with Crippen LogP contribution in [0.1, 0.15) is 31.4 Å². The molecule has 0 saturated carbocycles. The molecule has 1 amide bonds. The highest BCUT2D eigenvalue weighted by molar-refractivity contribution is 5.78. The molecule has 0 aromatic carbocycles. The highest BCUT2D eigenvalue weighted by Gasteiger charge is 2.48. The van der Waals surface area contributed by atoms with Crippen LogP contribution >= 0.6 is 0 Å². The van der Waals surface area contributed by atoms with Crippen LogP contribution in [-0.2, 0) is 9.53 Å². The number of likely N-dealkylation sites (tertiary alicyclic amines) is 2. The van der Waals surface area contributed by atoms with Gasteiger partial charge in [0.2, 0.25) is 11.8 Å². The molecule has 1 aromatic heterocycles. The largest absolute Gasteiger partial charge is 0.473 e. The van der Waals surface area contributed by atoms with Crippen LogP contribution in [0.3, 0.4) is 0 Å². The number of carbonyl (C=O) groups is 1. The minimum atomic E-state index is -0.161. The summed E-state index contributed by atoms with van der Waals surface area (Å²) in [5.74, 6) is 0.841. The summed E-state index contributed by atoms with van der Waals surface area (Å²) in [4.78, 5) is 24.9. The SMILES string of the molecule is Cc1cncc(O[C@@H]2CCOC3(C2)CN(CC(=O)N2CCCC2)C3)n1. The Morgan fingerprint density at radius 3 is 2.92 bits per heavy atom. The second-order valence-electron chi connectivity index (χ2n) is 7.50. The fraction of sp³-hybridized carbons (Fsp3) is 0.722. The van der Waals surface area contributed by atoms with Crippen molar-refractivity contribution in [2.45, 2.75) is 44.3 Å². The number of ether oxygens (including phenoxy) is 2. The van der Waals surface area contributed by atoms with Gasteiger partial charge in [-0.2, -0.15) is 0 Å². The van der Waals surface area contributed by atoms with Crippen LogP contribution in [0.15, 0.2) is 12.4 Å². The first-order valence-electron chi connectivity index (χ1n) is 9.21. The summed E-state index contributed by atoms with van der Waals surface area (Å²) in [5, 5.41) is 0. The quantitative estimate of drug-likeness (QED) is 0.811. The van der Waals surface area contributed by atoms with E-state index >= 15 is 0 Å². The molecule has 0 unspecified atom stereocenters. The molecular formula is C18H26N4O3. The zero-order chi connectivity index (χ0) is 17.3. The average Bonchev–Trinajstić information content (AvgIpc) is 3.08. The summed E-state index contributed by atoms with van der Waals surface area (Å²) in [6.07, 6.45) is 7.47. The van der Waals surface area contributed by atoms with Crippen LogP contribution in [0.2, 0.25) is 0 Å². The molecule has 0 bridgehead atoms. The van der Waals surface area contributed by atoms with Gasteiger partial charge in [0, 0.05) is 45.2 Å². The van der Waals surface area contributed by atoms with E-state index in [0.29, 0.717) is 19.0 Å². The molecule has 3 aliphatic heterocycles. The van der Waals surface area contributed by atoms with Crippen molar-refractivity contribution in [2.24, 2.45) is 0 Å². The lowest BCUT2D eigenvalue weighted by atomic mass is 9.84. The molecule has 1 aromatic rings. The third-order valence-electron chi connectivity index (χ3n) is 5.31. The van der Waals surface area contributed by atoms with Gasteiger partial charge in [-0.05, 0) is 19.8 Å². The average molecular weight is 346 g/mol. The standard InChI is InChI=1S/C18H26N4O3/c1-14-9-19-10-16(20-14)25-15-4-7-24-18(8-15)12-21(13-18)11-17(23)22-5-2-3-6-22/h9-10,15H,2-8,11-13H2,1H3/t15-/m1/s1. The van der Waals surface area contributed by atoms with Gasteiger partial charge in [-0.1, -0.05) is 0 Å². The Balaban J connectivity index is 1.28. The van der Waals surface area contributed by atoms with Crippen molar-refractivity contribution in [3.8, 4) is 5.88 Å². The van der Waals surface area contributed by atoms with E-state index in [1.807, 2.05) is 11.8 Å². The molecule has 7 nitrogen and oxygen atoms in total. The zero-order valence-corrected chi connectivity index (χ0v) is 14.8. The summed E-state index contributed by atoms with van der Waals surface area (Å²) in [7, 11) is 0. The number of amides is 1. The van der Waals surface area contributed by atoms with Crippen LogP contribution in [0.5, 0.6) is 5.88 Å². The number of hydrogen-bond acceptors (Lipinski definition) is 6. The summed E-state index contributed by atoms with van der Waals surface area (Å²) < 4.78 is 12.1. The first-order chi connectivity index (χ1) is 12.1. The number of nitrogens with zero attached hydrogens (tertiary/aromatic N) is 4. The maximum Gasteiger partial charge on any atom is 0.236 e. The van der Waals surface area contributed by atoms with Crippen LogP contribution in [0.4, 0.5) is 0 Å². The lowest BCUT2D eigenvalue weighted by Gasteiger charge is -2.52. The van der Waals surface area contributed by atoms with E-state index in [4.69, 9.17) is 9.47 Å². The topological polar surface area (TPSA) is 67.8 Å². The Morgan fingerprint density at radius 1 is 1.36 bits per heavy atom. The van der Waals surface area contributed by atoms with E-state index in [2.05, 4.69) is 14.9 Å². The van der Waals surface area contributed by atoms with Crippen molar-refractivity contribution in [1.29, 1.82) is 0 Å². The van der Waals surface area contributed by atoms with Gasteiger partial charge in [0.05, 0.1) is 30.6 Å². The van der Waals surface area contributed by atoms with Crippen molar-refractivity contribution >= 4 is 5.91 Å². The highest BCUT2D eigenvalue weighted by Crippen LogP contribution is 2.35. The molecule has 4 rings (SSSR count). The fourth-order valence-electron chi connectivity index (χ4n) is 4.11. The van der Waals surface area contributed by atoms with Crippen molar-refractivity contribution in [3.05, 3.63) is 18.1 Å². The molecule has 4 heterocycles. The molecule has 0 aliphatic carbocycles. The lowest BCUT2D eigenvalue weighted by molar-refractivity contribution is -0.188. The smallest absolute Gasteiger partial charge is 0.236 e. The summed E-state index contributed by atoms with van der Waals surface area (Å²) in [6, 6.07) is 0. The molecule has 1 spiro atoms. The molecule has 3 fully saturated rings. The monoisotopic (exact) mass is 346 g/mol. The first-order valence-corrected chi connectivity index (χ1v) is 9.21. The van der Waals surface area contributed by atoms with Crippen molar-refractivity contribution < 1.29 is 14.3 Å². The van der Waals surface area contributed by atoms with Crippen LogP contribution in [-0.4, -0.2) is 76.7 Å². The maximum atomic E-state index is 12.3. The molecule has 7 heteroatoms. The Labute approximate surface area is 148 Å². The Kier molecular flexibility index (Phi) is 4.60. The number of rotatable bonds is 4. The van der Waals surface area contributed by atoms with Crippen molar-refractivity contribution in [3.63, 3.8) is 0 Å². The Bertz CT molecular complexity index is 627. The van der Waals surface area contributed by atoms with E-state index in [0.717, 1.165) is 57.6 Å². The predicted octanol–water partition coefficient (Wildman–Crippen LogP) is 1.02. The predicted molar refractivity (Wildman–Crippen MR) is 91.4 cm³/mol. The highest BCUT2D eigenvalue weighted by atomic mass is 16.5. The van der Waals surface area contributed by atoms with Gasteiger partial charge in [-0.15, -0.1) is 0 Å². The molecule has 3 aliphatic rings. The van der Waals surface area contributed by atoms with Crippen molar-refractivity contribution in [2.75, 3.05) is 39.3 Å². The third-order valence-corrected chi connectivity index (χ3v) is 5.31. The summed E-state index contributed by atoms with van der Waals surface area (Å²) in [6.45, 7) is 6.58. The van der Waals surface area contributed by atoms with Gasteiger partial charge in [0.1, 0.15) is 6.10 Å². The maximum absolute atomic E-state index is 12.3. The van der Waals surface area contributed by atoms with Crippen molar-refractivity contribution in [1.82, 2.24) is 19.8 Å². The van der Waals surface area contributed by atoms with Gasteiger partial charge >= 0.3 is 0 Å². The zero-order valence-electron chi connectivity index (χ0n) is 14.8. The number of hydrogen-bond donors (Lipinski definition) is 0. The fourth-order valence-corrected chi connectivity index (χ4v) is 4.11. The van der Waals surface area contributed by atoms with E-state index < -0.39 is 0 Å². The molecule has 0 N–H and O–H groups in total. The van der Waals surface area contributed by atoms with E-state index in [1.165, 1.54) is 0 Å². The third kappa shape index (κ3) is 3.77. The number of aromatic nitrogens is 2. The number of aryl methyl sites for hydroxylation is 1. The molecule has 0 radical (unpaired) electrons. The Morgan fingerprint density at radius 2 is 2.16 bits per heavy atom. The Hall–Kier alpha value is -1.73. The normalized spacial score (nSPS) is 25.8. The van der Waals surface area contributed by atoms with Gasteiger partial charge in [0.15, 0.2) is 0 Å². The molecule has 3 saturated heterocycles. The van der Waals surface area contributed by atoms with Crippen LogP contribution in [0.25, 0.3) is 0 Å². The minimum absolute atomic E-state index is 0.0984. The first kappa shape index (κ1) is 16.7. The minimum Gasteiger partial charge on any atom is -0.473 e.